The minimum atomic E-state index is -3.48. The summed E-state index contributed by atoms with van der Waals surface area (Å²) >= 11 is 1.23. The zero-order valence-corrected chi connectivity index (χ0v) is 17.8. The van der Waals surface area contributed by atoms with E-state index in [1.807, 2.05) is 0 Å². The van der Waals surface area contributed by atoms with Crippen LogP contribution in [-0.2, 0) is 30.8 Å². The van der Waals surface area contributed by atoms with Crippen molar-refractivity contribution in [3.8, 4) is 0 Å². The highest BCUT2D eigenvalue weighted by molar-refractivity contribution is 7.88. The predicted octanol–water partition coefficient (Wildman–Crippen LogP) is 0.845. The molecule has 0 unspecified atom stereocenters. The average Bonchev–Trinajstić information content (AvgIpc) is 2.95. The Kier molecular flexibility index (Phi) is 7.47. The lowest BCUT2D eigenvalue weighted by molar-refractivity contribution is -0.118. The van der Waals surface area contributed by atoms with Gasteiger partial charge >= 0.3 is 5.97 Å². The highest BCUT2D eigenvalue weighted by Crippen LogP contribution is 2.20. The zero-order valence-electron chi connectivity index (χ0n) is 16.2. The minimum absolute atomic E-state index is 0.276. The number of hydrogen-bond acceptors (Lipinski definition) is 7. The van der Waals surface area contributed by atoms with Gasteiger partial charge in [-0.05, 0) is 25.1 Å². The van der Waals surface area contributed by atoms with E-state index >= 15 is 0 Å². The Morgan fingerprint density at radius 3 is 2.64 bits per heavy atom. The standard InChI is InChI=1S/C17H23N3O6S2/c1-5-26-16(22)12-6-7-13-14(10-12)27-17(20(13)8-9-25-3)18-15(21)11-19(2)28(4,23)24/h6-7,10H,5,8-9,11H2,1-4H3. The van der Waals surface area contributed by atoms with Crippen molar-refractivity contribution in [3.05, 3.63) is 28.6 Å². The number of thiazole rings is 1. The largest absolute Gasteiger partial charge is 0.462 e. The smallest absolute Gasteiger partial charge is 0.338 e. The molecule has 0 fully saturated rings. The third kappa shape index (κ3) is 5.47. The normalized spacial score (nSPS) is 12.7. The first-order chi connectivity index (χ1) is 13.2. The summed E-state index contributed by atoms with van der Waals surface area (Å²) in [4.78, 5) is 28.7. The number of carbonyl (C=O) groups is 2. The number of likely N-dealkylation sites (N-methyl/N-ethyl adjacent to an activating group) is 1. The number of rotatable bonds is 8. The maximum absolute atomic E-state index is 12.2. The molecule has 0 aliphatic heterocycles. The lowest BCUT2D eigenvalue weighted by Crippen LogP contribution is -2.31. The second-order valence-corrected chi connectivity index (χ2v) is 9.06. The van der Waals surface area contributed by atoms with E-state index in [1.165, 1.54) is 18.4 Å². The molecule has 0 radical (unpaired) electrons. The monoisotopic (exact) mass is 429 g/mol. The Hall–Kier alpha value is -2.08. The molecular weight excluding hydrogens is 406 g/mol. The molecule has 0 N–H and O–H groups in total. The first-order valence-electron chi connectivity index (χ1n) is 8.45. The predicted molar refractivity (Wildman–Crippen MR) is 106 cm³/mol. The van der Waals surface area contributed by atoms with Crippen LogP contribution in [0.25, 0.3) is 10.2 Å². The van der Waals surface area contributed by atoms with Gasteiger partial charge < -0.3 is 14.0 Å². The van der Waals surface area contributed by atoms with Crippen molar-refractivity contribution in [3.63, 3.8) is 0 Å². The van der Waals surface area contributed by atoms with Crippen molar-refractivity contribution in [2.45, 2.75) is 13.5 Å². The van der Waals surface area contributed by atoms with Crippen molar-refractivity contribution in [2.24, 2.45) is 4.99 Å². The van der Waals surface area contributed by atoms with Crippen molar-refractivity contribution < 1.29 is 27.5 Å². The summed E-state index contributed by atoms with van der Waals surface area (Å²) in [6.07, 6.45) is 1.02. The van der Waals surface area contributed by atoms with E-state index in [1.54, 1.807) is 36.8 Å². The Balaban J connectivity index is 2.47. The molecule has 9 nitrogen and oxygen atoms in total. The van der Waals surface area contributed by atoms with Crippen molar-refractivity contribution in [1.82, 2.24) is 8.87 Å². The van der Waals surface area contributed by atoms with Gasteiger partial charge in [-0.1, -0.05) is 11.3 Å². The molecule has 0 bridgehead atoms. The van der Waals surface area contributed by atoms with Crippen LogP contribution in [0.3, 0.4) is 0 Å². The van der Waals surface area contributed by atoms with Gasteiger partial charge in [0, 0.05) is 20.7 Å². The minimum Gasteiger partial charge on any atom is -0.462 e. The molecule has 1 aromatic carbocycles. The van der Waals surface area contributed by atoms with Crippen LogP contribution in [-0.4, -0.2) is 69.3 Å². The maximum atomic E-state index is 12.2. The van der Waals surface area contributed by atoms with Crippen LogP contribution >= 0.6 is 11.3 Å². The number of carbonyl (C=O) groups excluding carboxylic acids is 2. The molecule has 28 heavy (non-hydrogen) atoms. The van der Waals surface area contributed by atoms with Gasteiger partial charge in [0.05, 0.1) is 41.8 Å². The SMILES string of the molecule is CCOC(=O)c1ccc2c(c1)sc(=NC(=O)CN(C)S(C)(=O)=O)n2CCOC. The fourth-order valence-corrected chi connectivity index (χ4v) is 3.81. The number of ether oxygens (including phenoxy) is 2. The third-order valence-corrected chi connectivity index (χ3v) is 6.16. The van der Waals surface area contributed by atoms with E-state index < -0.39 is 21.9 Å². The van der Waals surface area contributed by atoms with Crippen LogP contribution in [0, 0.1) is 0 Å². The van der Waals surface area contributed by atoms with Crippen LogP contribution in [0.1, 0.15) is 17.3 Å². The van der Waals surface area contributed by atoms with Crippen LogP contribution < -0.4 is 4.80 Å². The Bertz CT molecular complexity index is 1040. The maximum Gasteiger partial charge on any atom is 0.338 e. The Morgan fingerprint density at radius 2 is 2.04 bits per heavy atom. The molecule has 2 aromatic rings. The Morgan fingerprint density at radius 1 is 1.32 bits per heavy atom. The van der Waals surface area contributed by atoms with Gasteiger partial charge in [-0.3, -0.25) is 4.79 Å². The first kappa shape index (κ1) is 22.2. The number of aromatic nitrogens is 1. The molecule has 0 saturated heterocycles. The topological polar surface area (TPSA) is 107 Å². The van der Waals surface area contributed by atoms with Crippen LogP contribution in [0.2, 0.25) is 0 Å². The molecule has 1 aromatic heterocycles. The summed E-state index contributed by atoms with van der Waals surface area (Å²) in [6.45, 7) is 2.50. The quantitative estimate of drug-likeness (QED) is 0.576. The Labute approximate surface area is 167 Å². The number of benzene rings is 1. The number of amides is 1. The van der Waals surface area contributed by atoms with E-state index in [0.717, 1.165) is 20.8 Å². The van der Waals surface area contributed by atoms with E-state index in [2.05, 4.69) is 4.99 Å². The van der Waals surface area contributed by atoms with Crippen molar-refractivity contribution in [1.29, 1.82) is 0 Å². The number of fused-ring (bicyclic) bond motifs is 1. The molecule has 11 heteroatoms. The van der Waals surface area contributed by atoms with Gasteiger partial charge in [-0.25, -0.2) is 13.2 Å². The highest BCUT2D eigenvalue weighted by Gasteiger charge is 2.16. The summed E-state index contributed by atoms with van der Waals surface area (Å²) in [5.74, 6) is -1.01. The lowest BCUT2D eigenvalue weighted by Gasteiger charge is -2.10. The zero-order chi connectivity index (χ0) is 20.9. The second kappa shape index (κ2) is 9.41. The van der Waals surface area contributed by atoms with Gasteiger partial charge in [-0.2, -0.15) is 9.30 Å². The van der Waals surface area contributed by atoms with Crippen LogP contribution in [0.4, 0.5) is 0 Å². The fourth-order valence-electron chi connectivity index (χ4n) is 2.35. The van der Waals surface area contributed by atoms with Crippen LogP contribution in [0.5, 0.6) is 0 Å². The molecule has 1 amide bonds. The van der Waals surface area contributed by atoms with Gasteiger partial charge in [-0.15, -0.1) is 0 Å². The number of sulfonamides is 1. The number of hydrogen-bond donors (Lipinski definition) is 0. The fraction of sp³-hybridized carbons (Fsp3) is 0.471. The molecular formula is C17H23N3O6S2. The molecule has 0 aliphatic rings. The summed E-state index contributed by atoms with van der Waals surface area (Å²) in [5.41, 5.74) is 1.20. The number of esters is 1. The molecule has 0 saturated carbocycles. The van der Waals surface area contributed by atoms with Gasteiger partial charge in [0.15, 0.2) is 4.80 Å². The van der Waals surface area contributed by atoms with E-state index in [9.17, 15) is 18.0 Å². The molecule has 0 aliphatic carbocycles. The van der Waals surface area contributed by atoms with Crippen molar-refractivity contribution in [2.75, 3.05) is 40.2 Å². The van der Waals surface area contributed by atoms with Crippen LogP contribution in [0.15, 0.2) is 23.2 Å². The first-order valence-corrected chi connectivity index (χ1v) is 11.1. The summed E-state index contributed by atoms with van der Waals surface area (Å²) < 4.78 is 36.6. The molecule has 1 heterocycles. The highest BCUT2D eigenvalue weighted by atomic mass is 32.2. The molecule has 0 spiro atoms. The van der Waals surface area contributed by atoms with E-state index in [4.69, 9.17) is 9.47 Å². The van der Waals surface area contributed by atoms with Gasteiger partial charge in [0.2, 0.25) is 10.0 Å². The molecule has 2 rings (SSSR count). The van der Waals surface area contributed by atoms with E-state index in [-0.39, 0.29) is 13.2 Å². The summed E-state index contributed by atoms with van der Waals surface area (Å²) in [5, 5.41) is 0. The number of methoxy groups -OCH3 is 1. The third-order valence-electron chi connectivity index (χ3n) is 3.86. The lowest BCUT2D eigenvalue weighted by atomic mass is 10.2. The van der Waals surface area contributed by atoms with Gasteiger partial charge in [0.25, 0.3) is 5.91 Å². The average molecular weight is 430 g/mol. The van der Waals surface area contributed by atoms with Crippen molar-refractivity contribution >= 4 is 43.5 Å². The van der Waals surface area contributed by atoms with E-state index in [0.29, 0.717) is 23.5 Å². The number of nitrogens with zero attached hydrogens (tertiary/aromatic N) is 3. The summed E-state index contributed by atoms with van der Waals surface area (Å²) in [7, 11) is -0.598. The summed E-state index contributed by atoms with van der Waals surface area (Å²) in [6, 6.07) is 5.10. The molecule has 154 valence electrons. The van der Waals surface area contributed by atoms with Gasteiger partial charge in [0.1, 0.15) is 0 Å². The molecule has 0 atom stereocenters. The second-order valence-electron chi connectivity index (χ2n) is 5.96.